The second-order valence-electron chi connectivity index (χ2n) is 8.74. The molecule has 0 aromatic heterocycles. The maximum Gasteiger partial charge on any atom is 0.173 e. The molecule has 1 aliphatic carbocycles. The molecule has 3 fully saturated rings. The second-order valence-corrected chi connectivity index (χ2v) is 10.2. The quantitative estimate of drug-likeness (QED) is 0.106. The zero-order chi connectivity index (χ0) is 23.7. The maximum atomic E-state index is 11.1. The SMILES string of the molecule is NCC1O[C@H](O[C@@H]2C(N)C[C@@H](N)C(O[C@@H]3OC(CO)[C@H](O)C(N)C3I)[C@H]2O)C(N)CC1O. The first-order valence-electron chi connectivity index (χ1n) is 10.7. The van der Waals surface area contributed by atoms with E-state index in [-0.39, 0.29) is 19.4 Å². The number of ether oxygens (including phenoxy) is 4. The molecule has 0 spiro atoms. The average molecular weight is 577 g/mol. The molecule has 14 heteroatoms. The van der Waals surface area contributed by atoms with Gasteiger partial charge in [0.1, 0.15) is 24.4 Å². The molecule has 0 amide bonds. The lowest BCUT2D eigenvalue weighted by atomic mass is 9.84. The van der Waals surface area contributed by atoms with Crippen molar-refractivity contribution in [1.29, 1.82) is 0 Å². The third kappa shape index (κ3) is 5.54. The summed E-state index contributed by atoms with van der Waals surface area (Å²) in [5.41, 5.74) is 30.2. The Balaban J connectivity index is 1.70. The Morgan fingerprint density at radius 1 is 0.812 bits per heavy atom. The Hall–Kier alpha value is 0.210. The van der Waals surface area contributed by atoms with E-state index in [1.54, 1.807) is 0 Å². The molecule has 0 aromatic rings. The second kappa shape index (κ2) is 11.3. The maximum absolute atomic E-state index is 11.1. The van der Waals surface area contributed by atoms with Crippen LogP contribution in [0.4, 0.5) is 0 Å². The molecule has 0 radical (unpaired) electrons. The highest BCUT2D eigenvalue weighted by Crippen LogP contribution is 2.32. The van der Waals surface area contributed by atoms with Crippen LogP contribution in [-0.2, 0) is 18.9 Å². The number of alkyl halides is 1. The van der Waals surface area contributed by atoms with E-state index in [4.69, 9.17) is 47.6 Å². The van der Waals surface area contributed by atoms with Crippen molar-refractivity contribution in [2.24, 2.45) is 28.7 Å². The zero-order valence-corrected chi connectivity index (χ0v) is 19.8. The van der Waals surface area contributed by atoms with Gasteiger partial charge in [0.2, 0.25) is 0 Å². The first-order chi connectivity index (χ1) is 15.1. The van der Waals surface area contributed by atoms with E-state index in [2.05, 4.69) is 0 Å². The highest BCUT2D eigenvalue weighted by atomic mass is 127. The van der Waals surface area contributed by atoms with Crippen LogP contribution in [0.3, 0.4) is 0 Å². The molecule has 8 unspecified atom stereocenters. The van der Waals surface area contributed by atoms with E-state index < -0.39 is 90.0 Å². The van der Waals surface area contributed by atoms with Crippen molar-refractivity contribution in [1.82, 2.24) is 0 Å². The fraction of sp³-hybridized carbons (Fsp3) is 1.00. The summed E-state index contributed by atoms with van der Waals surface area (Å²) in [5.74, 6) is 0. The lowest BCUT2D eigenvalue weighted by Gasteiger charge is -2.48. The summed E-state index contributed by atoms with van der Waals surface area (Å²) in [7, 11) is 0. The number of halogens is 1. The Labute approximate surface area is 200 Å². The van der Waals surface area contributed by atoms with Gasteiger partial charge in [0.05, 0.1) is 34.9 Å². The van der Waals surface area contributed by atoms with Gasteiger partial charge in [-0.25, -0.2) is 0 Å². The molecule has 3 rings (SSSR count). The molecule has 32 heavy (non-hydrogen) atoms. The van der Waals surface area contributed by atoms with Crippen LogP contribution < -0.4 is 28.7 Å². The molecule has 14 atom stereocenters. The Bertz CT molecular complexity index is 612. The normalized spacial score (nSPS) is 52.7. The molecule has 3 aliphatic rings. The van der Waals surface area contributed by atoms with Crippen molar-refractivity contribution in [2.45, 2.75) is 96.2 Å². The fourth-order valence-electron chi connectivity index (χ4n) is 4.40. The highest BCUT2D eigenvalue weighted by molar-refractivity contribution is 14.1. The fourth-order valence-corrected chi connectivity index (χ4v) is 5.17. The first-order valence-corrected chi connectivity index (χ1v) is 12.0. The van der Waals surface area contributed by atoms with E-state index in [9.17, 15) is 20.4 Å². The standard InChI is InChI=1S/C18H36IN5O8/c19-11-12(24)13(27)10(4-25)30-18(11)32-16-6(22)1-5(21)15(14(16)28)31-17-7(23)2-8(26)9(3-20)29-17/h5-18,25-28H,1-4,20-24H2/t5?,6-,7?,8?,9?,10?,11?,12?,13+,14+,15-,16?,17-,18+/m1/s1. The lowest BCUT2D eigenvalue weighted by molar-refractivity contribution is -0.292. The van der Waals surface area contributed by atoms with E-state index in [0.717, 1.165) is 0 Å². The highest BCUT2D eigenvalue weighted by Gasteiger charge is 2.50. The van der Waals surface area contributed by atoms with Crippen LogP contribution in [0.1, 0.15) is 12.8 Å². The molecule has 13 nitrogen and oxygen atoms in total. The Kier molecular flexibility index (Phi) is 9.47. The number of rotatable bonds is 6. The summed E-state index contributed by atoms with van der Waals surface area (Å²) < 4.78 is 22.8. The molecule has 2 heterocycles. The topological polar surface area (TPSA) is 248 Å². The minimum atomic E-state index is -1.25. The summed E-state index contributed by atoms with van der Waals surface area (Å²) >= 11 is 1.99. The molecule has 2 aliphatic heterocycles. The van der Waals surface area contributed by atoms with Crippen LogP contribution in [0.25, 0.3) is 0 Å². The molecule has 1 saturated carbocycles. The summed E-state index contributed by atoms with van der Waals surface area (Å²) in [4.78, 5) is 0. The van der Waals surface area contributed by atoms with Crippen LogP contribution in [0, 0.1) is 0 Å². The summed E-state index contributed by atoms with van der Waals surface area (Å²) in [5, 5.41) is 40.7. The van der Waals surface area contributed by atoms with Gasteiger partial charge in [0.25, 0.3) is 0 Å². The number of aliphatic hydroxyl groups is 4. The third-order valence-electron chi connectivity index (χ3n) is 6.37. The molecule has 0 bridgehead atoms. The molecule has 188 valence electrons. The summed E-state index contributed by atoms with van der Waals surface area (Å²) in [6.45, 7) is -0.364. The lowest BCUT2D eigenvalue weighted by Crippen LogP contribution is -2.67. The van der Waals surface area contributed by atoms with Crippen molar-refractivity contribution in [3.63, 3.8) is 0 Å². The number of hydrogen-bond acceptors (Lipinski definition) is 13. The Morgan fingerprint density at radius 2 is 1.38 bits per heavy atom. The molecular weight excluding hydrogens is 541 g/mol. The first kappa shape index (κ1) is 26.8. The van der Waals surface area contributed by atoms with Gasteiger partial charge in [0, 0.05) is 24.7 Å². The largest absolute Gasteiger partial charge is 0.394 e. The van der Waals surface area contributed by atoms with Crippen molar-refractivity contribution < 1.29 is 39.4 Å². The van der Waals surface area contributed by atoms with Gasteiger partial charge < -0.3 is 68.0 Å². The minimum absolute atomic E-state index is 0.0812. The summed E-state index contributed by atoms with van der Waals surface area (Å²) in [6, 6.07) is -2.63. The monoisotopic (exact) mass is 577 g/mol. The summed E-state index contributed by atoms with van der Waals surface area (Å²) in [6.07, 6.45) is -7.93. The molecular formula is C18H36IN5O8. The van der Waals surface area contributed by atoms with Crippen LogP contribution in [0.2, 0.25) is 0 Å². The van der Waals surface area contributed by atoms with Crippen LogP contribution in [0.5, 0.6) is 0 Å². The van der Waals surface area contributed by atoms with E-state index in [0.29, 0.717) is 0 Å². The average Bonchev–Trinajstić information content (AvgIpc) is 2.75. The van der Waals surface area contributed by atoms with Crippen LogP contribution in [0.15, 0.2) is 0 Å². The van der Waals surface area contributed by atoms with Crippen molar-refractivity contribution in [2.75, 3.05) is 13.2 Å². The number of hydrogen-bond donors (Lipinski definition) is 9. The van der Waals surface area contributed by atoms with Crippen molar-refractivity contribution in [3.8, 4) is 0 Å². The Morgan fingerprint density at radius 3 is 1.94 bits per heavy atom. The van der Waals surface area contributed by atoms with Gasteiger partial charge in [-0.1, -0.05) is 22.6 Å². The molecule has 2 saturated heterocycles. The molecule has 0 aromatic carbocycles. The van der Waals surface area contributed by atoms with Crippen molar-refractivity contribution >= 4 is 22.6 Å². The number of nitrogens with two attached hydrogens (primary N) is 5. The van der Waals surface area contributed by atoms with Gasteiger partial charge in [-0.15, -0.1) is 0 Å². The van der Waals surface area contributed by atoms with E-state index in [1.807, 2.05) is 22.6 Å². The predicted molar refractivity (Wildman–Crippen MR) is 120 cm³/mol. The van der Waals surface area contributed by atoms with E-state index in [1.165, 1.54) is 0 Å². The number of aliphatic hydroxyl groups excluding tert-OH is 4. The predicted octanol–water partition coefficient (Wildman–Crippen LogP) is -4.85. The zero-order valence-electron chi connectivity index (χ0n) is 17.6. The minimum Gasteiger partial charge on any atom is -0.394 e. The smallest absolute Gasteiger partial charge is 0.173 e. The van der Waals surface area contributed by atoms with Crippen LogP contribution in [-0.4, -0.2) is 117 Å². The van der Waals surface area contributed by atoms with Gasteiger partial charge in [0.15, 0.2) is 12.6 Å². The van der Waals surface area contributed by atoms with Gasteiger partial charge in [-0.05, 0) is 12.8 Å². The van der Waals surface area contributed by atoms with Crippen molar-refractivity contribution in [3.05, 3.63) is 0 Å². The van der Waals surface area contributed by atoms with Gasteiger partial charge in [-0.2, -0.15) is 0 Å². The third-order valence-corrected chi connectivity index (χ3v) is 7.79. The van der Waals surface area contributed by atoms with Gasteiger partial charge >= 0.3 is 0 Å². The molecule has 14 N–H and O–H groups in total. The van der Waals surface area contributed by atoms with Crippen LogP contribution >= 0.6 is 22.6 Å². The van der Waals surface area contributed by atoms with Gasteiger partial charge in [-0.3, -0.25) is 0 Å². The van der Waals surface area contributed by atoms with E-state index >= 15 is 0 Å².